The van der Waals surface area contributed by atoms with Crippen molar-refractivity contribution in [3.63, 3.8) is 0 Å². The van der Waals surface area contributed by atoms with Gasteiger partial charge in [0.15, 0.2) is 0 Å². The molecule has 2 atom stereocenters. The maximum absolute atomic E-state index is 11.2. The van der Waals surface area contributed by atoms with Gasteiger partial charge < -0.3 is 0 Å². The zero-order valence-corrected chi connectivity index (χ0v) is 9.86. The van der Waals surface area contributed by atoms with Gasteiger partial charge in [-0.25, -0.2) is 0 Å². The van der Waals surface area contributed by atoms with E-state index in [1.165, 1.54) is 6.42 Å². The minimum absolute atomic E-state index is 0.0360. The summed E-state index contributed by atoms with van der Waals surface area (Å²) in [4.78, 5) is 0. The SMILES string of the molecule is CC1(C)C2CCCC1(OS(C)(=O)=O)C2. The van der Waals surface area contributed by atoms with Crippen molar-refractivity contribution >= 4 is 10.1 Å². The van der Waals surface area contributed by atoms with E-state index < -0.39 is 10.1 Å². The molecule has 4 heteroatoms. The highest BCUT2D eigenvalue weighted by Crippen LogP contribution is 2.64. The minimum Gasteiger partial charge on any atom is -0.263 e. The first-order chi connectivity index (χ1) is 6.27. The summed E-state index contributed by atoms with van der Waals surface area (Å²) in [6.45, 7) is 4.26. The van der Waals surface area contributed by atoms with Crippen molar-refractivity contribution in [2.75, 3.05) is 6.26 Å². The molecule has 0 aliphatic heterocycles. The van der Waals surface area contributed by atoms with Gasteiger partial charge in [0.1, 0.15) is 0 Å². The fourth-order valence-electron chi connectivity index (χ4n) is 3.15. The van der Waals surface area contributed by atoms with Crippen molar-refractivity contribution in [2.45, 2.75) is 45.1 Å². The third-order valence-electron chi connectivity index (χ3n) is 4.22. The minimum atomic E-state index is -3.32. The van der Waals surface area contributed by atoms with Crippen LogP contribution in [-0.2, 0) is 14.3 Å². The molecule has 3 aliphatic carbocycles. The van der Waals surface area contributed by atoms with E-state index in [9.17, 15) is 8.42 Å². The van der Waals surface area contributed by atoms with E-state index in [1.807, 2.05) is 0 Å². The first-order valence-corrected chi connectivity index (χ1v) is 6.99. The molecule has 0 aromatic rings. The molecule has 3 fully saturated rings. The van der Waals surface area contributed by atoms with Crippen molar-refractivity contribution in [3.8, 4) is 0 Å². The second kappa shape index (κ2) is 2.73. The van der Waals surface area contributed by atoms with E-state index in [2.05, 4.69) is 13.8 Å². The van der Waals surface area contributed by atoms with Crippen LogP contribution in [0.4, 0.5) is 0 Å². The first-order valence-electron chi connectivity index (χ1n) is 5.17. The lowest BCUT2D eigenvalue weighted by Gasteiger charge is -2.64. The van der Waals surface area contributed by atoms with Gasteiger partial charge in [-0.15, -0.1) is 0 Å². The molecule has 0 spiro atoms. The van der Waals surface area contributed by atoms with Crippen LogP contribution in [0.15, 0.2) is 0 Å². The van der Waals surface area contributed by atoms with Crippen molar-refractivity contribution in [2.24, 2.45) is 11.3 Å². The molecule has 0 aromatic heterocycles. The maximum Gasteiger partial charge on any atom is 0.264 e. The Morgan fingerprint density at radius 1 is 1.36 bits per heavy atom. The zero-order valence-electron chi connectivity index (χ0n) is 9.04. The van der Waals surface area contributed by atoms with E-state index in [-0.39, 0.29) is 11.0 Å². The highest BCUT2D eigenvalue weighted by Gasteiger charge is 2.64. The quantitative estimate of drug-likeness (QED) is 0.665. The van der Waals surface area contributed by atoms with E-state index in [1.54, 1.807) is 0 Å². The average Bonchev–Trinajstić information content (AvgIpc) is 2.01. The van der Waals surface area contributed by atoms with Crippen LogP contribution in [0.1, 0.15) is 39.5 Å². The van der Waals surface area contributed by atoms with Crippen molar-refractivity contribution < 1.29 is 12.6 Å². The van der Waals surface area contributed by atoms with Crippen LogP contribution in [0.5, 0.6) is 0 Å². The number of rotatable bonds is 2. The topological polar surface area (TPSA) is 43.4 Å². The van der Waals surface area contributed by atoms with Gasteiger partial charge in [0.2, 0.25) is 0 Å². The first kappa shape index (κ1) is 10.4. The van der Waals surface area contributed by atoms with Crippen LogP contribution in [0.25, 0.3) is 0 Å². The third-order valence-corrected chi connectivity index (χ3v) is 4.84. The Bertz CT molecular complexity index is 340. The lowest BCUT2D eigenvalue weighted by molar-refractivity contribution is -0.203. The van der Waals surface area contributed by atoms with E-state index in [4.69, 9.17) is 4.18 Å². The van der Waals surface area contributed by atoms with Crippen LogP contribution in [0.3, 0.4) is 0 Å². The van der Waals surface area contributed by atoms with Crippen molar-refractivity contribution in [1.82, 2.24) is 0 Å². The Morgan fingerprint density at radius 3 is 2.43 bits per heavy atom. The predicted molar refractivity (Wildman–Crippen MR) is 54.4 cm³/mol. The standard InChI is InChI=1S/C10H18O3S/c1-9(2)8-5-4-6-10(9,7-8)13-14(3,11)12/h8H,4-7H2,1-3H3. The second-order valence-electron chi connectivity index (χ2n) is 5.30. The van der Waals surface area contributed by atoms with Gasteiger partial charge in [-0.05, 0) is 30.6 Å². The smallest absolute Gasteiger partial charge is 0.263 e. The molecule has 3 aliphatic rings. The molecule has 2 unspecified atom stereocenters. The van der Waals surface area contributed by atoms with Gasteiger partial charge in [0, 0.05) is 0 Å². The molecule has 0 saturated heterocycles. The summed E-state index contributed by atoms with van der Waals surface area (Å²) in [5, 5.41) is 0. The van der Waals surface area contributed by atoms with Crippen LogP contribution in [0.2, 0.25) is 0 Å². The lowest BCUT2D eigenvalue weighted by atomic mass is 9.46. The Labute approximate surface area is 86.0 Å². The summed E-state index contributed by atoms with van der Waals surface area (Å²) >= 11 is 0. The van der Waals surface area contributed by atoms with Crippen molar-refractivity contribution in [1.29, 1.82) is 0 Å². The molecule has 3 nitrogen and oxygen atoms in total. The third kappa shape index (κ3) is 1.31. The molecule has 82 valence electrons. The molecule has 0 amide bonds. The van der Waals surface area contributed by atoms with Gasteiger partial charge in [-0.1, -0.05) is 20.3 Å². The molecule has 0 aromatic carbocycles. The Balaban J connectivity index is 2.24. The molecular formula is C10H18O3S. The highest BCUT2D eigenvalue weighted by atomic mass is 32.2. The molecule has 2 bridgehead atoms. The Kier molecular flexibility index (Phi) is 2.03. The van der Waals surface area contributed by atoms with Crippen LogP contribution < -0.4 is 0 Å². The van der Waals surface area contributed by atoms with E-state index in [0.29, 0.717) is 5.92 Å². The number of hydrogen-bond acceptors (Lipinski definition) is 3. The lowest BCUT2D eigenvalue weighted by Crippen LogP contribution is -2.65. The van der Waals surface area contributed by atoms with E-state index in [0.717, 1.165) is 25.5 Å². The summed E-state index contributed by atoms with van der Waals surface area (Å²) in [7, 11) is -3.32. The maximum atomic E-state index is 11.2. The van der Waals surface area contributed by atoms with Crippen LogP contribution in [0, 0.1) is 11.3 Å². The molecule has 0 N–H and O–H groups in total. The average molecular weight is 218 g/mol. The largest absolute Gasteiger partial charge is 0.264 e. The fraction of sp³-hybridized carbons (Fsp3) is 1.00. The molecular weight excluding hydrogens is 200 g/mol. The molecule has 14 heavy (non-hydrogen) atoms. The van der Waals surface area contributed by atoms with Gasteiger partial charge in [0.25, 0.3) is 10.1 Å². The fourth-order valence-corrected chi connectivity index (χ4v) is 4.10. The second-order valence-corrected chi connectivity index (χ2v) is 6.87. The summed E-state index contributed by atoms with van der Waals surface area (Å²) < 4.78 is 27.7. The van der Waals surface area contributed by atoms with Crippen LogP contribution >= 0.6 is 0 Å². The van der Waals surface area contributed by atoms with Crippen LogP contribution in [-0.4, -0.2) is 20.3 Å². The Hall–Kier alpha value is -0.0900. The summed E-state index contributed by atoms with van der Waals surface area (Å²) in [6.07, 6.45) is 5.29. The number of fused-ring (bicyclic) bond motifs is 2. The highest BCUT2D eigenvalue weighted by molar-refractivity contribution is 7.86. The molecule has 3 saturated carbocycles. The number of hydrogen-bond donors (Lipinski definition) is 0. The molecule has 0 radical (unpaired) electrons. The van der Waals surface area contributed by atoms with Gasteiger partial charge in [0.05, 0.1) is 11.9 Å². The van der Waals surface area contributed by atoms with E-state index >= 15 is 0 Å². The monoisotopic (exact) mass is 218 g/mol. The van der Waals surface area contributed by atoms with Gasteiger partial charge in [-0.2, -0.15) is 8.42 Å². The molecule has 0 heterocycles. The Morgan fingerprint density at radius 2 is 2.00 bits per heavy atom. The van der Waals surface area contributed by atoms with Gasteiger partial charge >= 0.3 is 0 Å². The van der Waals surface area contributed by atoms with Crippen molar-refractivity contribution in [3.05, 3.63) is 0 Å². The summed E-state index contributed by atoms with van der Waals surface area (Å²) in [6, 6.07) is 0. The van der Waals surface area contributed by atoms with Gasteiger partial charge in [-0.3, -0.25) is 4.18 Å². The summed E-state index contributed by atoms with van der Waals surface area (Å²) in [5.74, 6) is 0.651. The predicted octanol–water partition coefficient (Wildman–Crippen LogP) is 1.93. The molecule has 3 rings (SSSR count). The summed E-state index contributed by atoms with van der Waals surface area (Å²) in [5.41, 5.74) is -0.349. The normalized spacial score (nSPS) is 40.4. The zero-order chi connectivity index (χ0) is 10.6.